The van der Waals surface area contributed by atoms with Crippen LogP contribution in [0.25, 0.3) is 0 Å². The van der Waals surface area contributed by atoms with Gasteiger partial charge in [0.2, 0.25) is 0 Å². The van der Waals surface area contributed by atoms with Crippen LogP contribution in [0.2, 0.25) is 0 Å². The molecule has 94 valence electrons. The zero-order valence-electron chi connectivity index (χ0n) is 11.0. The first kappa shape index (κ1) is 12.4. The van der Waals surface area contributed by atoms with Gasteiger partial charge < -0.3 is 10.1 Å². The number of ether oxygens (including phenoxy) is 1. The molecule has 2 heteroatoms. The maximum atomic E-state index is 5.72. The minimum atomic E-state index is 0.522. The van der Waals surface area contributed by atoms with Crippen LogP contribution < -0.4 is 5.32 Å². The lowest BCUT2D eigenvalue weighted by molar-refractivity contribution is 0.0830. The monoisotopic (exact) mass is 225 g/mol. The molecule has 0 bridgehead atoms. The van der Waals surface area contributed by atoms with E-state index in [2.05, 4.69) is 26.1 Å². The van der Waals surface area contributed by atoms with Crippen LogP contribution in [0.15, 0.2) is 0 Å². The van der Waals surface area contributed by atoms with Crippen molar-refractivity contribution < 1.29 is 4.74 Å². The number of rotatable bonds is 5. The second-order valence-corrected chi connectivity index (χ2v) is 5.95. The Balaban J connectivity index is 1.62. The fourth-order valence-electron chi connectivity index (χ4n) is 3.07. The molecule has 1 heterocycles. The normalized spacial score (nSPS) is 39.0. The minimum Gasteiger partial charge on any atom is -0.378 e. The fourth-order valence-corrected chi connectivity index (χ4v) is 3.07. The van der Waals surface area contributed by atoms with Gasteiger partial charge in [0.15, 0.2) is 0 Å². The highest BCUT2D eigenvalue weighted by molar-refractivity contribution is 4.88. The van der Waals surface area contributed by atoms with E-state index in [4.69, 9.17) is 4.74 Å². The smallest absolute Gasteiger partial charge is 0.0613 e. The van der Waals surface area contributed by atoms with Gasteiger partial charge in [-0.1, -0.05) is 20.8 Å². The van der Waals surface area contributed by atoms with Gasteiger partial charge in [0.05, 0.1) is 6.10 Å². The summed E-state index contributed by atoms with van der Waals surface area (Å²) in [7, 11) is 0. The molecule has 0 aromatic heterocycles. The van der Waals surface area contributed by atoms with Crippen LogP contribution in [-0.4, -0.2) is 25.3 Å². The van der Waals surface area contributed by atoms with Gasteiger partial charge in [-0.25, -0.2) is 0 Å². The summed E-state index contributed by atoms with van der Waals surface area (Å²) in [6.45, 7) is 9.08. The Bertz CT molecular complexity index is 211. The molecule has 1 aliphatic carbocycles. The van der Waals surface area contributed by atoms with Crippen molar-refractivity contribution in [2.24, 2.45) is 17.8 Å². The zero-order valence-corrected chi connectivity index (χ0v) is 11.0. The van der Waals surface area contributed by atoms with E-state index >= 15 is 0 Å². The Kier molecular flexibility index (Phi) is 4.26. The van der Waals surface area contributed by atoms with Crippen molar-refractivity contribution in [3.05, 3.63) is 0 Å². The highest BCUT2D eigenvalue weighted by atomic mass is 16.5. The predicted octanol–water partition coefficient (Wildman–Crippen LogP) is 2.83. The fraction of sp³-hybridized carbons (Fsp3) is 1.00. The van der Waals surface area contributed by atoms with E-state index in [0.717, 1.165) is 30.4 Å². The van der Waals surface area contributed by atoms with Crippen LogP contribution in [0, 0.1) is 17.8 Å². The van der Waals surface area contributed by atoms with Gasteiger partial charge in [0.1, 0.15) is 0 Å². The summed E-state index contributed by atoms with van der Waals surface area (Å²) >= 11 is 0. The number of hydrogen-bond acceptors (Lipinski definition) is 2. The van der Waals surface area contributed by atoms with Crippen molar-refractivity contribution in [1.82, 2.24) is 5.32 Å². The van der Waals surface area contributed by atoms with E-state index in [0.29, 0.717) is 6.10 Å². The van der Waals surface area contributed by atoms with Gasteiger partial charge in [-0.2, -0.15) is 0 Å². The van der Waals surface area contributed by atoms with Crippen LogP contribution in [0.1, 0.15) is 46.5 Å². The minimum absolute atomic E-state index is 0.522. The Morgan fingerprint density at radius 1 is 1.31 bits per heavy atom. The molecule has 0 aromatic carbocycles. The number of nitrogens with one attached hydrogen (secondary N) is 1. The van der Waals surface area contributed by atoms with E-state index in [-0.39, 0.29) is 0 Å². The third-order valence-corrected chi connectivity index (χ3v) is 4.53. The van der Waals surface area contributed by atoms with Crippen molar-refractivity contribution in [2.45, 2.75) is 58.6 Å². The SMILES string of the molecule is CCC1OCCC1CNC1CC(C(C)C)C1. The maximum Gasteiger partial charge on any atom is 0.0613 e. The summed E-state index contributed by atoms with van der Waals surface area (Å²) in [5.74, 6) is 2.61. The van der Waals surface area contributed by atoms with Crippen LogP contribution in [0.5, 0.6) is 0 Å². The molecule has 2 atom stereocenters. The molecule has 2 rings (SSSR count). The van der Waals surface area contributed by atoms with Crippen LogP contribution >= 0.6 is 0 Å². The molecule has 16 heavy (non-hydrogen) atoms. The molecule has 0 amide bonds. The highest BCUT2D eigenvalue weighted by Gasteiger charge is 2.32. The average Bonchev–Trinajstić information content (AvgIpc) is 2.62. The van der Waals surface area contributed by atoms with Crippen molar-refractivity contribution >= 4 is 0 Å². The molecule has 1 saturated carbocycles. The van der Waals surface area contributed by atoms with E-state index < -0.39 is 0 Å². The Morgan fingerprint density at radius 3 is 2.69 bits per heavy atom. The standard InChI is InChI=1S/C14H27NO/c1-4-14-11(5-6-16-14)9-15-13-7-12(8-13)10(2)3/h10-15H,4-9H2,1-3H3. The van der Waals surface area contributed by atoms with Crippen LogP contribution in [0.3, 0.4) is 0 Å². The lowest BCUT2D eigenvalue weighted by Gasteiger charge is -2.39. The molecule has 2 unspecified atom stereocenters. The van der Waals surface area contributed by atoms with E-state index in [1.54, 1.807) is 0 Å². The van der Waals surface area contributed by atoms with Gasteiger partial charge in [0, 0.05) is 19.2 Å². The van der Waals surface area contributed by atoms with E-state index in [9.17, 15) is 0 Å². The summed E-state index contributed by atoms with van der Waals surface area (Å²) < 4.78 is 5.72. The molecule has 2 aliphatic rings. The van der Waals surface area contributed by atoms with E-state index in [1.807, 2.05) is 0 Å². The Hall–Kier alpha value is -0.0800. The van der Waals surface area contributed by atoms with Crippen LogP contribution in [0.4, 0.5) is 0 Å². The molecule has 0 spiro atoms. The third kappa shape index (κ3) is 2.78. The van der Waals surface area contributed by atoms with Gasteiger partial charge in [-0.05, 0) is 43.4 Å². The second-order valence-electron chi connectivity index (χ2n) is 5.95. The van der Waals surface area contributed by atoms with Crippen LogP contribution in [-0.2, 0) is 4.74 Å². The van der Waals surface area contributed by atoms with E-state index in [1.165, 1.54) is 32.2 Å². The largest absolute Gasteiger partial charge is 0.378 e. The van der Waals surface area contributed by atoms with Crippen molar-refractivity contribution in [2.75, 3.05) is 13.2 Å². The molecule has 2 nitrogen and oxygen atoms in total. The maximum absolute atomic E-state index is 5.72. The zero-order chi connectivity index (χ0) is 11.5. The van der Waals surface area contributed by atoms with Gasteiger partial charge in [-0.3, -0.25) is 0 Å². The molecule has 1 aliphatic heterocycles. The summed E-state index contributed by atoms with van der Waals surface area (Å²) in [6, 6.07) is 0.797. The lowest BCUT2D eigenvalue weighted by Crippen LogP contribution is -2.45. The Morgan fingerprint density at radius 2 is 2.06 bits per heavy atom. The summed E-state index contributed by atoms with van der Waals surface area (Å²) in [5.41, 5.74) is 0. The summed E-state index contributed by atoms with van der Waals surface area (Å²) in [6.07, 6.45) is 5.73. The molecule has 2 fully saturated rings. The molecule has 0 aromatic rings. The summed E-state index contributed by atoms with van der Waals surface area (Å²) in [4.78, 5) is 0. The molecular weight excluding hydrogens is 198 g/mol. The van der Waals surface area contributed by atoms with Gasteiger partial charge in [0.25, 0.3) is 0 Å². The lowest BCUT2D eigenvalue weighted by atomic mass is 9.73. The molecule has 1 N–H and O–H groups in total. The van der Waals surface area contributed by atoms with Crippen molar-refractivity contribution in [3.63, 3.8) is 0 Å². The molecular formula is C14H27NO. The highest BCUT2D eigenvalue weighted by Crippen LogP contribution is 2.34. The van der Waals surface area contributed by atoms with Crippen molar-refractivity contribution in [1.29, 1.82) is 0 Å². The average molecular weight is 225 g/mol. The first-order valence-electron chi connectivity index (χ1n) is 7.05. The topological polar surface area (TPSA) is 21.3 Å². The Labute approximate surface area is 100 Å². The molecule has 1 saturated heterocycles. The quantitative estimate of drug-likeness (QED) is 0.777. The number of hydrogen-bond donors (Lipinski definition) is 1. The summed E-state index contributed by atoms with van der Waals surface area (Å²) in [5, 5.41) is 3.73. The van der Waals surface area contributed by atoms with Gasteiger partial charge >= 0.3 is 0 Å². The molecule has 0 radical (unpaired) electrons. The first-order valence-corrected chi connectivity index (χ1v) is 7.05. The van der Waals surface area contributed by atoms with Gasteiger partial charge in [-0.15, -0.1) is 0 Å². The van der Waals surface area contributed by atoms with Crippen molar-refractivity contribution in [3.8, 4) is 0 Å². The second kappa shape index (κ2) is 5.50. The first-order chi connectivity index (χ1) is 7.70. The predicted molar refractivity (Wildman–Crippen MR) is 67.5 cm³/mol. The third-order valence-electron chi connectivity index (χ3n) is 4.53.